The Morgan fingerprint density at radius 3 is 2.55 bits per heavy atom. The normalized spacial score (nSPS) is 23.8. The van der Waals surface area contributed by atoms with E-state index >= 15 is 0 Å². The Morgan fingerprint density at radius 2 is 2.05 bits per heavy atom. The fourth-order valence-electron chi connectivity index (χ4n) is 2.46. The Balaban J connectivity index is 2.75. The molecule has 1 heterocycles. The summed E-state index contributed by atoms with van der Waals surface area (Å²) in [6.45, 7) is 5.65. The molecule has 1 fully saturated rings. The maximum Gasteiger partial charge on any atom is 0.328 e. The number of carboxylic acids is 1. The third kappa shape index (κ3) is 4.35. The fourth-order valence-corrected chi connectivity index (χ4v) is 2.46. The smallest absolute Gasteiger partial charge is 0.328 e. The molecule has 2 amide bonds. The summed E-state index contributed by atoms with van der Waals surface area (Å²) in [4.78, 5) is 27.2. The van der Waals surface area contributed by atoms with Gasteiger partial charge in [-0.05, 0) is 33.4 Å². The van der Waals surface area contributed by atoms with Crippen molar-refractivity contribution in [1.29, 1.82) is 0 Å². The zero-order valence-electron chi connectivity index (χ0n) is 12.4. The largest absolute Gasteiger partial charge is 0.480 e. The fraction of sp³-hybridized carbons (Fsp3) is 0.846. The van der Waals surface area contributed by atoms with E-state index in [1.165, 1.54) is 6.92 Å². The lowest BCUT2D eigenvalue weighted by Crippen LogP contribution is -2.55. The molecule has 1 aliphatic rings. The summed E-state index contributed by atoms with van der Waals surface area (Å²) in [7, 11) is 2.01. The van der Waals surface area contributed by atoms with Gasteiger partial charge in [-0.3, -0.25) is 0 Å². The number of aliphatic hydroxyl groups excluding tert-OH is 1. The third-order valence-corrected chi connectivity index (χ3v) is 3.66. The minimum absolute atomic E-state index is 0.0611. The van der Waals surface area contributed by atoms with Crippen molar-refractivity contribution in [1.82, 2.24) is 15.1 Å². The summed E-state index contributed by atoms with van der Waals surface area (Å²) >= 11 is 0. The van der Waals surface area contributed by atoms with Crippen molar-refractivity contribution in [3.8, 4) is 0 Å². The van der Waals surface area contributed by atoms with Crippen LogP contribution >= 0.6 is 0 Å². The number of likely N-dealkylation sites (N-methyl/N-ethyl adjacent to an activating group) is 1. The number of carboxylic acid groups (broad SMARTS) is 1. The molecule has 0 aliphatic carbocycles. The molecule has 0 aromatic rings. The van der Waals surface area contributed by atoms with E-state index in [1.807, 2.05) is 14.0 Å². The highest BCUT2D eigenvalue weighted by Crippen LogP contribution is 2.12. The van der Waals surface area contributed by atoms with Crippen molar-refractivity contribution >= 4 is 12.0 Å². The second kappa shape index (κ2) is 7.44. The predicted molar refractivity (Wildman–Crippen MR) is 74.5 cm³/mol. The maximum absolute atomic E-state index is 12.3. The van der Waals surface area contributed by atoms with E-state index < -0.39 is 24.1 Å². The molecule has 0 bridgehead atoms. The van der Waals surface area contributed by atoms with Gasteiger partial charge in [0.15, 0.2) is 6.04 Å². The van der Waals surface area contributed by atoms with Crippen LogP contribution in [0.15, 0.2) is 0 Å². The lowest BCUT2D eigenvalue weighted by molar-refractivity contribution is -0.141. The van der Waals surface area contributed by atoms with E-state index in [0.717, 1.165) is 25.9 Å². The molecule has 0 radical (unpaired) electrons. The topological polar surface area (TPSA) is 93.1 Å². The van der Waals surface area contributed by atoms with E-state index in [-0.39, 0.29) is 6.04 Å². The van der Waals surface area contributed by atoms with Crippen molar-refractivity contribution in [3.63, 3.8) is 0 Å². The van der Waals surface area contributed by atoms with Crippen LogP contribution in [-0.2, 0) is 4.79 Å². The SMILES string of the molecule is CCC1CN(C)CCCN1C(=O)N[C@H](C(=O)O)[C@@H](C)O. The summed E-state index contributed by atoms with van der Waals surface area (Å²) < 4.78 is 0. The summed E-state index contributed by atoms with van der Waals surface area (Å²) in [5.41, 5.74) is 0. The molecule has 3 atom stereocenters. The van der Waals surface area contributed by atoms with Crippen LogP contribution in [0.2, 0.25) is 0 Å². The molecule has 7 heteroatoms. The van der Waals surface area contributed by atoms with Gasteiger partial charge in [-0.25, -0.2) is 9.59 Å². The minimum Gasteiger partial charge on any atom is -0.480 e. The van der Waals surface area contributed by atoms with E-state index in [9.17, 15) is 14.7 Å². The highest BCUT2D eigenvalue weighted by Gasteiger charge is 2.31. The van der Waals surface area contributed by atoms with Crippen LogP contribution in [0.25, 0.3) is 0 Å². The highest BCUT2D eigenvalue weighted by molar-refractivity contribution is 5.83. The van der Waals surface area contributed by atoms with Crippen LogP contribution in [0.1, 0.15) is 26.7 Å². The van der Waals surface area contributed by atoms with Gasteiger partial charge in [0.1, 0.15) is 0 Å². The number of amides is 2. The van der Waals surface area contributed by atoms with Crippen molar-refractivity contribution in [2.75, 3.05) is 26.7 Å². The van der Waals surface area contributed by atoms with Crippen LogP contribution in [0.5, 0.6) is 0 Å². The van der Waals surface area contributed by atoms with Gasteiger partial charge >= 0.3 is 12.0 Å². The predicted octanol–water partition coefficient (Wildman–Crippen LogP) is -0.0539. The van der Waals surface area contributed by atoms with Gasteiger partial charge in [0.2, 0.25) is 0 Å². The average molecular weight is 287 g/mol. The van der Waals surface area contributed by atoms with Gasteiger partial charge in [0.25, 0.3) is 0 Å². The lowest BCUT2D eigenvalue weighted by atomic mass is 10.1. The van der Waals surface area contributed by atoms with Gasteiger partial charge in [-0.15, -0.1) is 0 Å². The third-order valence-electron chi connectivity index (χ3n) is 3.66. The molecule has 20 heavy (non-hydrogen) atoms. The molecule has 1 saturated heterocycles. The molecule has 3 N–H and O–H groups in total. The van der Waals surface area contributed by atoms with E-state index in [2.05, 4.69) is 10.2 Å². The highest BCUT2D eigenvalue weighted by atomic mass is 16.4. The molecule has 0 spiro atoms. The number of aliphatic carboxylic acids is 1. The van der Waals surface area contributed by atoms with Gasteiger partial charge < -0.3 is 25.3 Å². The first-order chi connectivity index (χ1) is 9.36. The van der Waals surface area contributed by atoms with Crippen molar-refractivity contribution in [2.24, 2.45) is 0 Å². The molecular formula is C13H25N3O4. The number of carbonyl (C=O) groups is 2. The molecule has 0 saturated carbocycles. The maximum atomic E-state index is 12.3. The average Bonchev–Trinajstić information content (AvgIpc) is 2.56. The molecular weight excluding hydrogens is 262 g/mol. The molecule has 1 unspecified atom stereocenters. The molecule has 0 aromatic heterocycles. The Bertz CT molecular complexity index is 349. The zero-order valence-corrected chi connectivity index (χ0v) is 12.4. The van der Waals surface area contributed by atoms with Gasteiger partial charge in [-0.2, -0.15) is 0 Å². The number of nitrogens with one attached hydrogen (secondary N) is 1. The first-order valence-corrected chi connectivity index (χ1v) is 7.03. The summed E-state index contributed by atoms with van der Waals surface area (Å²) in [5, 5.41) is 20.8. The Morgan fingerprint density at radius 1 is 1.40 bits per heavy atom. The first kappa shape index (κ1) is 16.7. The Labute approximate surface area is 119 Å². The van der Waals surface area contributed by atoms with Gasteiger partial charge in [0, 0.05) is 19.1 Å². The van der Waals surface area contributed by atoms with Crippen molar-refractivity contribution in [2.45, 2.75) is 44.9 Å². The summed E-state index contributed by atoms with van der Waals surface area (Å²) in [5.74, 6) is -1.23. The number of aliphatic hydroxyl groups is 1. The Hall–Kier alpha value is -1.34. The van der Waals surface area contributed by atoms with E-state index in [0.29, 0.717) is 6.54 Å². The van der Waals surface area contributed by atoms with Crippen LogP contribution in [0.4, 0.5) is 4.79 Å². The second-order valence-corrected chi connectivity index (χ2v) is 5.38. The number of rotatable bonds is 4. The monoisotopic (exact) mass is 287 g/mol. The number of nitrogens with zero attached hydrogens (tertiary/aromatic N) is 2. The minimum atomic E-state index is -1.28. The van der Waals surface area contributed by atoms with Gasteiger partial charge in [0.05, 0.1) is 6.10 Å². The zero-order chi connectivity index (χ0) is 15.3. The van der Waals surface area contributed by atoms with E-state index in [1.54, 1.807) is 4.90 Å². The summed E-state index contributed by atoms with van der Waals surface area (Å²) in [6, 6.07) is -1.63. The quantitative estimate of drug-likeness (QED) is 0.674. The van der Waals surface area contributed by atoms with Gasteiger partial charge in [-0.1, -0.05) is 6.92 Å². The van der Waals surface area contributed by atoms with Crippen LogP contribution in [0, 0.1) is 0 Å². The second-order valence-electron chi connectivity index (χ2n) is 5.38. The first-order valence-electron chi connectivity index (χ1n) is 7.03. The summed E-state index contributed by atoms with van der Waals surface area (Å²) in [6.07, 6.45) is 0.531. The van der Waals surface area contributed by atoms with E-state index in [4.69, 9.17) is 5.11 Å². The number of hydrogen-bond donors (Lipinski definition) is 3. The Kier molecular flexibility index (Phi) is 6.22. The number of urea groups is 1. The standard InChI is InChI=1S/C13H25N3O4/c1-4-10-8-15(3)6-5-7-16(10)13(20)14-11(9(2)17)12(18)19/h9-11,17H,4-8H2,1-3H3,(H,14,20)(H,18,19)/t9-,10?,11+/m1/s1. The molecule has 7 nitrogen and oxygen atoms in total. The number of hydrogen-bond acceptors (Lipinski definition) is 4. The molecule has 1 rings (SSSR count). The molecule has 1 aliphatic heterocycles. The lowest BCUT2D eigenvalue weighted by Gasteiger charge is -2.31. The van der Waals surface area contributed by atoms with Crippen molar-refractivity contribution < 1.29 is 19.8 Å². The molecule has 116 valence electrons. The van der Waals surface area contributed by atoms with Crippen LogP contribution in [-0.4, -0.2) is 76.9 Å². The van der Waals surface area contributed by atoms with Crippen molar-refractivity contribution in [3.05, 3.63) is 0 Å². The number of carbonyl (C=O) groups excluding carboxylic acids is 1. The van der Waals surface area contributed by atoms with Crippen LogP contribution < -0.4 is 5.32 Å². The molecule has 0 aromatic carbocycles. The van der Waals surface area contributed by atoms with Crippen LogP contribution in [0.3, 0.4) is 0 Å².